The third-order valence-corrected chi connectivity index (χ3v) is 3.52. The van der Waals surface area contributed by atoms with Gasteiger partial charge in [-0.3, -0.25) is 4.98 Å². The summed E-state index contributed by atoms with van der Waals surface area (Å²) in [6.07, 6.45) is 9.14. The number of nitrogens with zero attached hydrogens (tertiary/aromatic N) is 5. The number of anilines is 2. The van der Waals surface area contributed by atoms with Gasteiger partial charge in [0, 0.05) is 25.3 Å². The van der Waals surface area contributed by atoms with Crippen LogP contribution in [-0.4, -0.2) is 39.1 Å². The highest BCUT2D eigenvalue weighted by Crippen LogP contribution is 2.19. The minimum absolute atomic E-state index is 0.458. The van der Waals surface area contributed by atoms with Crippen molar-refractivity contribution in [3.8, 4) is 0 Å². The van der Waals surface area contributed by atoms with Crippen LogP contribution in [0.15, 0.2) is 31.0 Å². The van der Waals surface area contributed by atoms with Crippen molar-refractivity contribution in [1.29, 1.82) is 0 Å². The van der Waals surface area contributed by atoms with Crippen LogP contribution in [0, 0.1) is 6.92 Å². The number of hydrogen-bond donors (Lipinski definition) is 1. The van der Waals surface area contributed by atoms with Crippen LogP contribution >= 0.6 is 0 Å². The second-order valence-electron chi connectivity index (χ2n) is 5.02. The average molecular weight is 270 g/mol. The van der Waals surface area contributed by atoms with Crippen LogP contribution in [0.5, 0.6) is 0 Å². The molecule has 6 heteroatoms. The van der Waals surface area contributed by atoms with E-state index in [-0.39, 0.29) is 0 Å². The molecule has 0 atom stereocenters. The van der Waals surface area contributed by atoms with Crippen LogP contribution in [-0.2, 0) is 0 Å². The van der Waals surface area contributed by atoms with Crippen molar-refractivity contribution in [2.75, 3.05) is 23.3 Å². The summed E-state index contributed by atoms with van der Waals surface area (Å²) in [5.74, 6) is 1.87. The van der Waals surface area contributed by atoms with E-state index >= 15 is 0 Å². The van der Waals surface area contributed by atoms with Gasteiger partial charge in [0.05, 0.1) is 18.1 Å². The van der Waals surface area contributed by atoms with Crippen molar-refractivity contribution in [2.24, 2.45) is 0 Å². The molecule has 3 heterocycles. The van der Waals surface area contributed by atoms with Gasteiger partial charge in [-0.15, -0.1) is 0 Å². The summed E-state index contributed by atoms with van der Waals surface area (Å²) >= 11 is 0. The zero-order chi connectivity index (χ0) is 13.8. The first-order valence-electron chi connectivity index (χ1n) is 6.87. The zero-order valence-corrected chi connectivity index (χ0v) is 11.5. The maximum atomic E-state index is 4.43. The Kier molecular flexibility index (Phi) is 3.71. The van der Waals surface area contributed by atoms with Gasteiger partial charge in [-0.25, -0.2) is 15.0 Å². The largest absolute Gasteiger partial charge is 0.367 e. The molecule has 0 aromatic carbocycles. The van der Waals surface area contributed by atoms with Crippen molar-refractivity contribution in [3.63, 3.8) is 0 Å². The van der Waals surface area contributed by atoms with Gasteiger partial charge in [-0.2, -0.15) is 0 Å². The SMILES string of the molecule is Cc1cnc(N2CCC(Nc3ccncn3)CC2)cn1. The average Bonchev–Trinajstić information content (AvgIpc) is 2.50. The molecule has 2 aromatic heterocycles. The number of piperidine rings is 1. The van der Waals surface area contributed by atoms with Crippen LogP contribution in [0.1, 0.15) is 18.5 Å². The first-order chi connectivity index (χ1) is 9.81. The van der Waals surface area contributed by atoms with Crippen LogP contribution in [0.3, 0.4) is 0 Å². The number of hydrogen-bond acceptors (Lipinski definition) is 6. The maximum absolute atomic E-state index is 4.43. The molecule has 3 rings (SSSR count). The van der Waals surface area contributed by atoms with E-state index in [1.807, 2.05) is 25.4 Å². The predicted octanol–water partition coefficient (Wildman–Crippen LogP) is 1.66. The monoisotopic (exact) mass is 270 g/mol. The highest BCUT2D eigenvalue weighted by molar-refractivity contribution is 5.38. The molecule has 0 bridgehead atoms. The van der Waals surface area contributed by atoms with Gasteiger partial charge in [0.1, 0.15) is 18.0 Å². The fourth-order valence-corrected chi connectivity index (χ4v) is 2.39. The number of rotatable bonds is 3. The Hall–Kier alpha value is -2.24. The van der Waals surface area contributed by atoms with Gasteiger partial charge in [0.25, 0.3) is 0 Å². The second kappa shape index (κ2) is 5.81. The lowest BCUT2D eigenvalue weighted by Crippen LogP contribution is -2.39. The van der Waals surface area contributed by atoms with E-state index in [4.69, 9.17) is 0 Å². The summed E-state index contributed by atoms with van der Waals surface area (Å²) in [7, 11) is 0. The van der Waals surface area contributed by atoms with Gasteiger partial charge in [-0.05, 0) is 25.8 Å². The molecule has 0 aliphatic carbocycles. The lowest BCUT2D eigenvalue weighted by atomic mass is 10.1. The molecule has 1 fully saturated rings. The fraction of sp³-hybridized carbons (Fsp3) is 0.429. The normalized spacial score (nSPS) is 16.1. The predicted molar refractivity (Wildman–Crippen MR) is 77.7 cm³/mol. The lowest BCUT2D eigenvalue weighted by Gasteiger charge is -2.33. The van der Waals surface area contributed by atoms with E-state index in [9.17, 15) is 0 Å². The minimum atomic E-state index is 0.458. The Bertz CT molecular complexity index is 533. The highest BCUT2D eigenvalue weighted by Gasteiger charge is 2.20. The summed E-state index contributed by atoms with van der Waals surface area (Å²) < 4.78 is 0. The molecule has 1 N–H and O–H groups in total. The van der Waals surface area contributed by atoms with E-state index in [0.29, 0.717) is 6.04 Å². The first-order valence-corrected chi connectivity index (χ1v) is 6.87. The summed E-state index contributed by atoms with van der Waals surface area (Å²) in [5.41, 5.74) is 0.953. The molecule has 0 amide bonds. The van der Waals surface area contributed by atoms with Gasteiger partial charge in [0.15, 0.2) is 0 Å². The van der Waals surface area contributed by atoms with E-state index in [1.54, 1.807) is 12.5 Å². The molecule has 6 nitrogen and oxygen atoms in total. The lowest BCUT2D eigenvalue weighted by molar-refractivity contribution is 0.522. The van der Waals surface area contributed by atoms with E-state index in [2.05, 4.69) is 30.2 Å². The summed E-state index contributed by atoms with van der Waals surface area (Å²) in [4.78, 5) is 19.1. The number of nitrogens with one attached hydrogen (secondary N) is 1. The van der Waals surface area contributed by atoms with Crippen LogP contribution in [0.4, 0.5) is 11.6 Å². The molecule has 20 heavy (non-hydrogen) atoms. The third kappa shape index (κ3) is 3.01. The molecule has 104 valence electrons. The summed E-state index contributed by atoms with van der Waals surface area (Å²) in [6, 6.07) is 2.36. The Morgan fingerprint density at radius 2 is 2.00 bits per heavy atom. The van der Waals surface area contributed by atoms with Crippen molar-refractivity contribution in [3.05, 3.63) is 36.7 Å². The molecular weight excluding hydrogens is 252 g/mol. The Morgan fingerprint density at radius 1 is 1.15 bits per heavy atom. The van der Waals surface area contributed by atoms with Crippen molar-refractivity contribution < 1.29 is 0 Å². The van der Waals surface area contributed by atoms with Gasteiger partial charge in [0.2, 0.25) is 0 Å². The van der Waals surface area contributed by atoms with Crippen LogP contribution < -0.4 is 10.2 Å². The van der Waals surface area contributed by atoms with Gasteiger partial charge >= 0.3 is 0 Å². The van der Waals surface area contributed by atoms with Gasteiger partial charge < -0.3 is 10.2 Å². The highest BCUT2D eigenvalue weighted by atomic mass is 15.2. The van der Waals surface area contributed by atoms with E-state index < -0.39 is 0 Å². The number of aryl methyl sites for hydroxylation is 1. The Labute approximate surface area is 118 Å². The van der Waals surface area contributed by atoms with Gasteiger partial charge in [-0.1, -0.05) is 0 Å². The standard InChI is InChI=1S/C14H18N6/c1-11-8-17-14(9-16-11)20-6-3-12(4-7-20)19-13-2-5-15-10-18-13/h2,5,8-10,12H,3-4,6-7H2,1H3,(H,15,18,19). The fourth-order valence-electron chi connectivity index (χ4n) is 2.39. The molecule has 0 unspecified atom stereocenters. The minimum Gasteiger partial charge on any atom is -0.367 e. The Morgan fingerprint density at radius 3 is 2.65 bits per heavy atom. The first kappa shape index (κ1) is 12.8. The van der Waals surface area contributed by atoms with E-state index in [0.717, 1.165) is 43.3 Å². The van der Waals surface area contributed by atoms with Crippen LogP contribution in [0.2, 0.25) is 0 Å². The van der Waals surface area contributed by atoms with Crippen molar-refractivity contribution in [2.45, 2.75) is 25.8 Å². The maximum Gasteiger partial charge on any atom is 0.147 e. The Balaban J connectivity index is 1.55. The molecular formula is C14H18N6. The molecule has 1 aliphatic heterocycles. The van der Waals surface area contributed by atoms with Crippen LogP contribution in [0.25, 0.3) is 0 Å². The van der Waals surface area contributed by atoms with Crippen molar-refractivity contribution >= 4 is 11.6 Å². The van der Waals surface area contributed by atoms with Crippen molar-refractivity contribution in [1.82, 2.24) is 19.9 Å². The molecule has 0 spiro atoms. The topological polar surface area (TPSA) is 66.8 Å². The molecule has 1 saturated heterocycles. The third-order valence-electron chi connectivity index (χ3n) is 3.52. The zero-order valence-electron chi connectivity index (χ0n) is 11.5. The molecule has 1 aliphatic rings. The molecule has 0 saturated carbocycles. The number of aromatic nitrogens is 4. The molecule has 2 aromatic rings. The smallest absolute Gasteiger partial charge is 0.147 e. The second-order valence-corrected chi connectivity index (χ2v) is 5.02. The summed E-state index contributed by atoms with van der Waals surface area (Å²) in [5, 5.41) is 3.45. The van der Waals surface area contributed by atoms with E-state index in [1.165, 1.54) is 0 Å². The quantitative estimate of drug-likeness (QED) is 0.915. The summed E-state index contributed by atoms with van der Waals surface area (Å²) in [6.45, 7) is 3.93. The molecule has 0 radical (unpaired) electrons.